The predicted molar refractivity (Wildman–Crippen MR) is 130 cm³/mol. The Morgan fingerprint density at radius 3 is 2.15 bits per heavy atom. The molecule has 178 valence electrons. The van der Waals surface area contributed by atoms with Gasteiger partial charge >= 0.3 is 0 Å². The molecule has 1 aliphatic rings. The number of carbonyl (C=O) groups is 1. The number of benzene rings is 3. The molecule has 1 heterocycles. The minimum Gasteiger partial charge on any atom is -0.324 e. The number of rotatable bonds is 6. The molecule has 1 saturated heterocycles. The molecule has 8 heteroatoms. The van der Waals surface area contributed by atoms with Crippen molar-refractivity contribution in [1.82, 2.24) is 9.21 Å². The summed E-state index contributed by atoms with van der Waals surface area (Å²) in [5.41, 5.74) is 3.69. The van der Waals surface area contributed by atoms with Crippen molar-refractivity contribution in [2.45, 2.75) is 24.8 Å². The van der Waals surface area contributed by atoms with Gasteiger partial charge in [0.05, 0.1) is 4.90 Å². The van der Waals surface area contributed by atoms with E-state index in [1.807, 2.05) is 67.3 Å². The van der Waals surface area contributed by atoms with E-state index in [4.69, 9.17) is 0 Å². The average molecular weight is 482 g/mol. The maximum absolute atomic E-state index is 13.6. The van der Waals surface area contributed by atoms with E-state index in [0.29, 0.717) is 13.1 Å². The van der Waals surface area contributed by atoms with Gasteiger partial charge in [-0.05, 0) is 60.9 Å². The normalized spacial score (nSPS) is 16.2. The van der Waals surface area contributed by atoms with Gasteiger partial charge in [-0.25, -0.2) is 12.8 Å². The molecule has 3 aromatic rings. The van der Waals surface area contributed by atoms with Crippen LogP contribution in [0.4, 0.5) is 10.1 Å². The van der Waals surface area contributed by atoms with Gasteiger partial charge < -0.3 is 5.32 Å². The van der Waals surface area contributed by atoms with E-state index >= 15 is 0 Å². The van der Waals surface area contributed by atoms with Gasteiger partial charge in [-0.15, -0.1) is 0 Å². The second-order valence-corrected chi connectivity index (χ2v) is 10.5. The van der Waals surface area contributed by atoms with Crippen LogP contribution in [0.5, 0.6) is 0 Å². The van der Waals surface area contributed by atoms with Gasteiger partial charge in [-0.2, -0.15) is 4.31 Å². The summed E-state index contributed by atoms with van der Waals surface area (Å²) < 4.78 is 40.9. The van der Waals surface area contributed by atoms with E-state index in [1.165, 1.54) is 22.5 Å². The van der Waals surface area contributed by atoms with Gasteiger partial charge in [-0.3, -0.25) is 9.69 Å². The van der Waals surface area contributed by atoms with E-state index in [1.54, 1.807) is 0 Å². The lowest BCUT2D eigenvalue weighted by Gasteiger charge is -2.38. The number of hydrogen-bond donors (Lipinski definition) is 1. The average Bonchev–Trinajstić information content (AvgIpc) is 2.79. The van der Waals surface area contributed by atoms with Crippen LogP contribution in [-0.2, 0) is 14.8 Å². The Morgan fingerprint density at radius 1 is 0.882 bits per heavy atom. The van der Waals surface area contributed by atoms with Crippen LogP contribution in [0.15, 0.2) is 77.7 Å². The maximum Gasteiger partial charge on any atom is 0.246 e. The molecule has 1 N–H and O–H groups in total. The minimum absolute atomic E-state index is 0.0619. The summed E-state index contributed by atoms with van der Waals surface area (Å²) in [5, 5.41) is 3.04. The molecular formula is C26H28FN3O3S. The highest BCUT2D eigenvalue weighted by atomic mass is 32.2. The molecule has 0 bridgehead atoms. The van der Waals surface area contributed by atoms with Crippen LogP contribution < -0.4 is 5.32 Å². The molecule has 0 aromatic heterocycles. The van der Waals surface area contributed by atoms with Crippen LogP contribution in [0.25, 0.3) is 0 Å². The van der Waals surface area contributed by atoms with Crippen LogP contribution in [0, 0.1) is 19.7 Å². The third-order valence-corrected chi connectivity index (χ3v) is 7.82. The van der Waals surface area contributed by atoms with Gasteiger partial charge in [0.25, 0.3) is 0 Å². The molecule has 1 atom stereocenters. The number of amides is 1. The number of halogens is 1. The van der Waals surface area contributed by atoms with Crippen molar-refractivity contribution in [3.05, 3.63) is 95.3 Å². The monoisotopic (exact) mass is 481 g/mol. The van der Waals surface area contributed by atoms with Crippen LogP contribution in [-0.4, -0.2) is 49.7 Å². The first-order valence-corrected chi connectivity index (χ1v) is 12.6. The zero-order valence-corrected chi connectivity index (χ0v) is 20.1. The molecule has 0 aliphatic carbocycles. The molecule has 1 amide bonds. The molecule has 0 radical (unpaired) electrons. The minimum atomic E-state index is -3.81. The van der Waals surface area contributed by atoms with Crippen molar-refractivity contribution in [1.29, 1.82) is 0 Å². The number of sulfonamides is 1. The van der Waals surface area contributed by atoms with Gasteiger partial charge in [-0.1, -0.05) is 42.5 Å². The number of anilines is 1. The van der Waals surface area contributed by atoms with E-state index in [2.05, 4.69) is 5.32 Å². The number of nitrogens with zero attached hydrogens (tertiary/aromatic N) is 2. The Bertz CT molecular complexity index is 1250. The molecule has 1 aliphatic heterocycles. The summed E-state index contributed by atoms with van der Waals surface area (Å²) in [4.78, 5) is 15.4. The molecule has 0 spiro atoms. The number of carbonyl (C=O) groups excluding carboxylic acids is 1. The number of piperazine rings is 1. The Kier molecular flexibility index (Phi) is 7.11. The smallest absolute Gasteiger partial charge is 0.246 e. The molecule has 3 aromatic carbocycles. The summed E-state index contributed by atoms with van der Waals surface area (Å²) >= 11 is 0. The summed E-state index contributed by atoms with van der Waals surface area (Å²) in [7, 11) is -3.81. The third-order valence-electron chi connectivity index (χ3n) is 5.93. The third kappa shape index (κ3) is 5.35. The number of hydrogen-bond acceptors (Lipinski definition) is 4. The topological polar surface area (TPSA) is 69.7 Å². The first-order chi connectivity index (χ1) is 16.2. The Hall–Kier alpha value is -3.07. The lowest BCUT2D eigenvalue weighted by atomic mass is 10.0. The molecular weight excluding hydrogens is 453 g/mol. The largest absolute Gasteiger partial charge is 0.324 e. The van der Waals surface area contributed by atoms with Crippen LogP contribution in [0.3, 0.4) is 0 Å². The van der Waals surface area contributed by atoms with E-state index in [-0.39, 0.29) is 23.9 Å². The zero-order valence-electron chi connectivity index (χ0n) is 19.2. The van der Waals surface area contributed by atoms with Gasteiger partial charge in [0.2, 0.25) is 15.9 Å². The molecule has 1 unspecified atom stereocenters. The second kappa shape index (κ2) is 10.0. The van der Waals surface area contributed by atoms with Crippen LogP contribution in [0.2, 0.25) is 0 Å². The van der Waals surface area contributed by atoms with Crippen LogP contribution >= 0.6 is 0 Å². The lowest BCUT2D eigenvalue weighted by Crippen LogP contribution is -2.51. The molecule has 4 rings (SSSR count). The number of aryl methyl sites for hydroxylation is 2. The second-order valence-electron chi connectivity index (χ2n) is 8.58. The quantitative estimate of drug-likeness (QED) is 0.575. The van der Waals surface area contributed by atoms with Crippen molar-refractivity contribution < 1.29 is 17.6 Å². The summed E-state index contributed by atoms with van der Waals surface area (Å²) in [6.45, 7) is 5.12. The molecule has 6 nitrogen and oxygen atoms in total. The Morgan fingerprint density at radius 2 is 1.53 bits per heavy atom. The molecule has 0 saturated carbocycles. The van der Waals surface area contributed by atoms with Crippen molar-refractivity contribution in [2.75, 3.05) is 31.5 Å². The fourth-order valence-corrected chi connectivity index (χ4v) is 5.85. The molecule has 1 fully saturated rings. The number of nitrogens with one attached hydrogen (secondary N) is 1. The van der Waals surface area contributed by atoms with Gasteiger partial charge in [0, 0.05) is 31.9 Å². The van der Waals surface area contributed by atoms with Crippen molar-refractivity contribution in [2.24, 2.45) is 0 Å². The lowest BCUT2D eigenvalue weighted by molar-refractivity contribution is -0.122. The van der Waals surface area contributed by atoms with Crippen LogP contribution in [0.1, 0.15) is 22.7 Å². The highest BCUT2D eigenvalue weighted by Crippen LogP contribution is 2.27. The first-order valence-electron chi connectivity index (χ1n) is 11.2. The standard InChI is InChI=1S/C26H28FN3O3S/c1-19-15-20(2)17-23(16-19)28-26(31)25(21-7-4-3-5-8-21)29-11-13-30(14-12-29)34(32,33)24-10-6-9-22(27)18-24/h3-10,15-18,25H,11-14H2,1-2H3,(H,28,31). The van der Waals surface area contributed by atoms with E-state index in [0.717, 1.165) is 28.4 Å². The fraction of sp³-hybridized carbons (Fsp3) is 0.269. The van der Waals surface area contributed by atoms with E-state index < -0.39 is 21.9 Å². The fourth-order valence-electron chi connectivity index (χ4n) is 4.40. The van der Waals surface area contributed by atoms with Gasteiger partial charge in [0.15, 0.2) is 0 Å². The van der Waals surface area contributed by atoms with Crippen molar-refractivity contribution in [3.63, 3.8) is 0 Å². The summed E-state index contributed by atoms with van der Waals surface area (Å²) in [6.07, 6.45) is 0. The summed E-state index contributed by atoms with van der Waals surface area (Å²) in [5.74, 6) is -0.760. The highest BCUT2D eigenvalue weighted by Gasteiger charge is 2.34. The SMILES string of the molecule is Cc1cc(C)cc(NC(=O)C(c2ccccc2)N2CCN(S(=O)(=O)c3cccc(F)c3)CC2)c1. The Labute approximate surface area is 200 Å². The van der Waals surface area contributed by atoms with Crippen molar-refractivity contribution >= 4 is 21.6 Å². The van der Waals surface area contributed by atoms with Crippen molar-refractivity contribution in [3.8, 4) is 0 Å². The molecule has 34 heavy (non-hydrogen) atoms. The highest BCUT2D eigenvalue weighted by molar-refractivity contribution is 7.89. The van der Waals surface area contributed by atoms with Gasteiger partial charge in [0.1, 0.15) is 11.9 Å². The first kappa shape index (κ1) is 24.1. The summed E-state index contributed by atoms with van der Waals surface area (Å²) in [6, 6.07) is 19.8. The Balaban J connectivity index is 1.54. The predicted octanol–water partition coefficient (Wildman–Crippen LogP) is 4.13. The maximum atomic E-state index is 13.6. The van der Waals surface area contributed by atoms with E-state index in [9.17, 15) is 17.6 Å². The zero-order chi connectivity index (χ0) is 24.3.